The molecule has 1 amide bonds. The van der Waals surface area contributed by atoms with Crippen molar-refractivity contribution < 1.29 is 38.7 Å². The number of esters is 2. The standard InChI is InChI=1S/C24H29N3O9S/c1-13-19(23(31)35-3)21(15-8-6-7-9-17(15)27(33)34)20(24(32)36-4)14(2)26(13)18(28)12-25-16(22(29)30)10-11-37-5/h6-9,16,21,25H,10-12H2,1-5H3,(H,29,30)/t16-/m1/s1. The van der Waals surface area contributed by atoms with Gasteiger partial charge in [-0.1, -0.05) is 18.2 Å². The van der Waals surface area contributed by atoms with Crippen molar-refractivity contribution in [1.29, 1.82) is 0 Å². The van der Waals surface area contributed by atoms with E-state index in [1.165, 1.54) is 49.9 Å². The van der Waals surface area contributed by atoms with Crippen molar-refractivity contribution in [3.63, 3.8) is 0 Å². The van der Waals surface area contributed by atoms with Crippen LogP contribution in [0, 0.1) is 10.1 Å². The first-order valence-corrected chi connectivity index (χ1v) is 12.5. The first-order valence-electron chi connectivity index (χ1n) is 11.1. The van der Waals surface area contributed by atoms with Crippen LogP contribution >= 0.6 is 11.8 Å². The second-order valence-electron chi connectivity index (χ2n) is 8.01. The van der Waals surface area contributed by atoms with Gasteiger partial charge < -0.3 is 14.6 Å². The molecule has 200 valence electrons. The first kappa shape index (κ1) is 29.5. The molecule has 0 spiro atoms. The van der Waals surface area contributed by atoms with Gasteiger partial charge in [0.15, 0.2) is 0 Å². The molecule has 2 N–H and O–H groups in total. The summed E-state index contributed by atoms with van der Waals surface area (Å²) in [6.45, 7) is 2.48. The highest BCUT2D eigenvalue weighted by atomic mass is 32.2. The largest absolute Gasteiger partial charge is 0.480 e. The number of hydrogen-bond acceptors (Lipinski definition) is 10. The van der Waals surface area contributed by atoms with Gasteiger partial charge in [-0.3, -0.25) is 29.9 Å². The van der Waals surface area contributed by atoms with Gasteiger partial charge in [0.2, 0.25) is 5.91 Å². The number of carboxylic acid groups (broad SMARTS) is 1. The molecule has 37 heavy (non-hydrogen) atoms. The number of benzene rings is 1. The van der Waals surface area contributed by atoms with Crippen LogP contribution in [-0.4, -0.2) is 77.6 Å². The zero-order valence-corrected chi connectivity index (χ0v) is 21.9. The van der Waals surface area contributed by atoms with Crippen LogP contribution in [0.5, 0.6) is 0 Å². The third kappa shape index (κ3) is 6.35. The van der Waals surface area contributed by atoms with Gasteiger partial charge >= 0.3 is 17.9 Å². The van der Waals surface area contributed by atoms with Crippen LogP contribution in [0.15, 0.2) is 46.8 Å². The lowest BCUT2D eigenvalue weighted by molar-refractivity contribution is -0.385. The molecule has 0 radical (unpaired) electrons. The number of nitro benzene ring substituents is 1. The minimum atomic E-state index is -1.26. The van der Waals surface area contributed by atoms with Crippen molar-refractivity contribution >= 4 is 41.3 Å². The fourth-order valence-electron chi connectivity index (χ4n) is 4.23. The molecule has 0 saturated carbocycles. The van der Waals surface area contributed by atoms with Gasteiger partial charge in [0.1, 0.15) is 6.04 Å². The Morgan fingerprint density at radius 3 is 2.11 bits per heavy atom. The van der Waals surface area contributed by atoms with Gasteiger partial charge in [-0.2, -0.15) is 11.8 Å². The quantitative estimate of drug-likeness (QED) is 0.242. The summed E-state index contributed by atoms with van der Waals surface area (Å²) in [5.41, 5.74) is -0.441. The van der Waals surface area contributed by atoms with E-state index in [9.17, 15) is 34.4 Å². The van der Waals surface area contributed by atoms with Gasteiger partial charge in [0, 0.05) is 23.0 Å². The summed E-state index contributed by atoms with van der Waals surface area (Å²) in [4.78, 5) is 63.1. The van der Waals surface area contributed by atoms with E-state index in [0.29, 0.717) is 5.75 Å². The molecule has 12 nitrogen and oxygen atoms in total. The Morgan fingerprint density at radius 2 is 1.65 bits per heavy atom. The van der Waals surface area contributed by atoms with Crippen molar-refractivity contribution in [1.82, 2.24) is 10.2 Å². The number of thioether (sulfide) groups is 1. The molecule has 0 saturated heterocycles. The minimum Gasteiger partial charge on any atom is -0.480 e. The summed E-state index contributed by atoms with van der Waals surface area (Å²) in [7, 11) is 2.22. The highest BCUT2D eigenvalue weighted by molar-refractivity contribution is 7.98. The number of carboxylic acids is 1. The maximum atomic E-state index is 13.3. The number of amides is 1. The van der Waals surface area contributed by atoms with Crippen LogP contribution in [0.3, 0.4) is 0 Å². The van der Waals surface area contributed by atoms with Gasteiger partial charge in [-0.25, -0.2) is 9.59 Å². The molecule has 0 bridgehead atoms. The third-order valence-electron chi connectivity index (χ3n) is 5.94. The van der Waals surface area contributed by atoms with E-state index in [1.807, 2.05) is 6.26 Å². The van der Waals surface area contributed by atoms with Gasteiger partial charge in [-0.05, 0) is 32.3 Å². The van der Waals surface area contributed by atoms with E-state index in [-0.39, 0.29) is 40.2 Å². The number of allylic oxidation sites excluding steroid dienone is 2. The van der Waals surface area contributed by atoms with Crippen molar-refractivity contribution in [2.24, 2.45) is 0 Å². The van der Waals surface area contributed by atoms with E-state index < -0.39 is 47.2 Å². The molecular formula is C24H29N3O9S. The van der Waals surface area contributed by atoms with E-state index in [2.05, 4.69) is 5.32 Å². The van der Waals surface area contributed by atoms with Crippen LogP contribution < -0.4 is 5.32 Å². The molecule has 1 atom stereocenters. The van der Waals surface area contributed by atoms with E-state index in [0.717, 1.165) is 19.1 Å². The number of nitrogens with one attached hydrogen (secondary N) is 1. The number of carbonyl (C=O) groups is 4. The third-order valence-corrected chi connectivity index (χ3v) is 6.58. The number of hydrogen-bond donors (Lipinski definition) is 2. The predicted molar refractivity (Wildman–Crippen MR) is 135 cm³/mol. The lowest BCUT2D eigenvalue weighted by Crippen LogP contribution is -2.46. The smallest absolute Gasteiger partial charge is 0.336 e. The molecule has 1 aliphatic heterocycles. The normalized spacial score (nSPS) is 14.9. The molecular weight excluding hydrogens is 506 g/mol. The number of para-hydroxylation sites is 1. The average Bonchev–Trinajstić information content (AvgIpc) is 2.87. The molecule has 1 heterocycles. The number of rotatable bonds is 11. The number of nitro groups is 1. The monoisotopic (exact) mass is 535 g/mol. The van der Waals surface area contributed by atoms with Crippen molar-refractivity contribution in [3.05, 3.63) is 62.5 Å². The summed E-state index contributed by atoms with van der Waals surface area (Å²) in [6, 6.07) is 4.64. The first-order chi connectivity index (χ1) is 17.5. The van der Waals surface area contributed by atoms with Crippen molar-refractivity contribution in [2.45, 2.75) is 32.2 Å². The SMILES string of the molecule is COC(=O)C1=C(C)N(C(=O)CN[C@H](CCSC)C(=O)O)C(C)=C(C(=O)OC)C1c1ccccc1[N+](=O)[O-]. The number of carbonyl (C=O) groups excluding carboxylic acids is 3. The Morgan fingerprint density at radius 1 is 1.11 bits per heavy atom. The summed E-state index contributed by atoms with van der Waals surface area (Å²) < 4.78 is 9.87. The predicted octanol–water partition coefficient (Wildman–Crippen LogP) is 2.21. The highest BCUT2D eigenvalue weighted by Gasteiger charge is 2.44. The maximum absolute atomic E-state index is 13.3. The fourth-order valence-corrected chi connectivity index (χ4v) is 4.70. The van der Waals surface area contributed by atoms with E-state index in [4.69, 9.17) is 9.47 Å². The summed E-state index contributed by atoms with van der Waals surface area (Å²) in [5.74, 6) is -4.27. The highest BCUT2D eigenvalue weighted by Crippen LogP contribution is 2.45. The number of aliphatic carboxylic acids is 1. The van der Waals surface area contributed by atoms with Gasteiger partial charge in [-0.15, -0.1) is 0 Å². The molecule has 0 fully saturated rings. The average molecular weight is 536 g/mol. The molecule has 0 unspecified atom stereocenters. The van der Waals surface area contributed by atoms with Crippen molar-refractivity contribution in [2.75, 3.05) is 32.8 Å². The molecule has 13 heteroatoms. The second-order valence-corrected chi connectivity index (χ2v) is 9.00. The van der Waals surface area contributed by atoms with E-state index >= 15 is 0 Å². The fraction of sp³-hybridized carbons (Fsp3) is 0.417. The zero-order chi connectivity index (χ0) is 27.9. The maximum Gasteiger partial charge on any atom is 0.336 e. The van der Waals surface area contributed by atoms with E-state index in [1.54, 1.807) is 0 Å². The zero-order valence-electron chi connectivity index (χ0n) is 21.1. The van der Waals surface area contributed by atoms with Crippen LogP contribution in [0.2, 0.25) is 0 Å². The number of ether oxygens (including phenoxy) is 2. The molecule has 1 aliphatic rings. The van der Waals surface area contributed by atoms with Crippen LogP contribution in [0.4, 0.5) is 5.69 Å². The topological polar surface area (TPSA) is 165 Å². The Hall–Kier alpha value is -3.71. The summed E-state index contributed by atoms with van der Waals surface area (Å²) >= 11 is 1.46. The summed E-state index contributed by atoms with van der Waals surface area (Å²) in [6.07, 6.45) is 2.10. The minimum absolute atomic E-state index is 0.0419. The van der Waals surface area contributed by atoms with Gasteiger partial charge in [0.25, 0.3) is 5.69 Å². The van der Waals surface area contributed by atoms with Crippen LogP contribution in [-0.2, 0) is 28.7 Å². The Balaban J connectivity index is 2.69. The van der Waals surface area contributed by atoms with Crippen LogP contribution in [0.1, 0.15) is 31.7 Å². The van der Waals surface area contributed by atoms with Crippen molar-refractivity contribution in [3.8, 4) is 0 Å². The second kappa shape index (κ2) is 13.0. The lowest BCUT2D eigenvalue weighted by Gasteiger charge is -2.36. The Kier molecular flexibility index (Phi) is 10.4. The number of nitrogens with zero attached hydrogens (tertiary/aromatic N) is 2. The molecule has 0 aliphatic carbocycles. The van der Waals surface area contributed by atoms with Crippen LogP contribution in [0.25, 0.3) is 0 Å². The van der Waals surface area contributed by atoms with Gasteiger partial charge in [0.05, 0.1) is 42.8 Å². The summed E-state index contributed by atoms with van der Waals surface area (Å²) in [5, 5.41) is 24.0. The number of methoxy groups -OCH3 is 2. The molecule has 2 rings (SSSR count). The Labute approximate surface area is 217 Å². The lowest BCUT2D eigenvalue weighted by atomic mass is 9.79. The molecule has 0 aromatic heterocycles. The molecule has 1 aromatic rings. The Bertz CT molecular complexity index is 1120. The molecule has 1 aromatic carbocycles.